The molecular formula is C28H26N2O5S. The predicted octanol–water partition coefficient (Wildman–Crippen LogP) is 5.37. The highest BCUT2D eigenvalue weighted by molar-refractivity contribution is 7.89. The van der Waals surface area contributed by atoms with Crippen LogP contribution in [0.1, 0.15) is 16.8 Å². The molecule has 0 aromatic heterocycles. The number of hydrogen-bond donors (Lipinski definition) is 2. The number of nitrogens with one attached hydrogen (secondary N) is 2. The third kappa shape index (κ3) is 7.18. The minimum atomic E-state index is -3.67. The van der Waals surface area contributed by atoms with Gasteiger partial charge in [-0.3, -0.25) is 4.79 Å². The van der Waals surface area contributed by atoms with E-state index in [4.69, 9.17) is 9.47 Å². The van der Waals surface area contributed by atoms with Gasteiger partial charge in [-0.2, -0.15) is 0 Å². The van der Waals surface area contributed by atoms with Crippen LogP contribution in [-0.4, -0.2) is 27.4 Å². The molecule has 7 nitrogen and oxygen atoms in total. The normalized spacial score (nSPS) is 11.0. The van der Waals surface area contributed by atoms with Crippen molar-refractivity contribution in [3.05, 3.63) is 115 Å². The molecule has 4 rings (SSSR count). The van der Waals surface area contributed by atoms with Gasteiger partial charge in [0.05, 0.1) is 4.90 Å². The molecule has 0 unspecified atom stereocenters. The second kappa shape index (κ2) is 12.0. The molecule has 4 aromatic carbocycles. The molecule has 0 bridgehead atoms. The summed E-state index contributed by atoms with van der Waals surface area (Å²) in [6.07, 6.45) is 0.431. The smallest absolute Gasteiger partial charge is 0.251 e. The molecule has 36 heavy (non-hydrogen) atoms. The molecule has 0 heterocycles. The number of ether oxygens (including phenoxy) is 2. The van der Waals surface area contributed by atoms with Crippen molar-refractivity contribution in [1.82, 2.24) is 10.0 Å². The Morgan fingerprint density at radius 3 is 1.83 bits per heavy atom. The molecule has 8 heteroatoms. The van der Waals surface area contributed by atoms with Gasteiger partial charge in [0.25, 0.3) is 5.91 Å². The number of carbonyl (C=O) groups excluding carboxylic acids is 1. The number of amides is 1. The number of sulfonamides is 1. The van der Waals surface area contributed by atoms with Gasteiger partial charge >= 0.3 is 0 Å². The van der Waals surface area contributed by atoms with Crippen LogP contribution in [0.3, 0.4) is 0 Å². The van der Waals surface area contributed by atoms with E-state index in [0.29, 0.717) is 41.5 Å². The maximum absolute atomic E-state index is 12.6. The predicted molar refractivity (Wildman–Crippen MR) is 138 cm³/mol. The minimum Gasteiger partial charge on any atom is -0.457 e. The average molecular weight is 503 g/mol. The summed E-state index contributed by atoms with van der Waals surface area (Å²) in [7, 11) is -3.67. The number of rotatable bonds is 11. The first-order valence-electron chi connectivity index (χ1n) is 11.4. The van der Waals surface area contributed by atoms with E-state index in [-0.39, 0.29) is 17.3 Å². The van der Waals surface area contributed by atoms with Gasteiger partial charge < -0.3 is 14.8 Å². The summed E-state index contributed by atoms with van der Waals surface area (Å²) in [6.45, 7) is 0.497. The van der Waals surface area contributed by atoms with E-state index in [1.54, 1.807) is 36.4 Å². The highest BCUT2D eigenvalue weighted by atomic mass is 32.2. The third-order valence-corrected chi connectivity index (χ3v) is 6.60. The Labute approximate surface area is 210 Å². The van der Waals surface area contributed by atoms with Crippen molar-refractivity contribution in [1.29, 1.82) is 0 Å². The van der Waals surface area contributed by atoms with Gasteiger partial charge in [0.15, 0.2) is 0 Å². The van der Waals surface area contributed by atoms with Crippen molar-refractivity contribution in [3.8, 4) is 23.0 Å². The quantitative estimate of drug-likeness (QED) is 0.269. The maximum Gasteiger partial charge on any atom is 0.251 e. The summed E-state index contributed by atoms with van der Waals surface area (Å²) in [5, 5.41) is 2.80. The van der Waals surface area contributed by atoms with E-state index < -0.39 is 10.0 Å². The standard InChI is InChI=1S/C28H26N2O5S/c31-28(22-9-7-14-26(21-22)35-24-12-5-2-6-13-24)29-19-8-20-30-36(32,33)27-17-15-25(16-18-27)34-23-10-3-1-4-11-23/h1-7,9-18,21,30H,8,19-20H2,(H,29,31). The Hall–Kier alpha value is -4.14. The molecule has 184 valence electrons. The average Bonchev–Trinajstić information content (AvgIpc) is 2.90. The van der Waals surface area contributed by atoms with Crippen molar-refractivity contribution in [2.75, 3.05) is 13.1 Å². The summed E-state index contributed by atoms with van der Waals surface area (Å²) in [5.41, 5.74) is 0.460. The van der Waals surface area contributed by atoms with E-state index in [1.165, 1.54) is 12.1 Å². The molecule has 0 aliphatic rings. The van der Waals surface area contributed by atoms with Crippen molar-refractivity contribution in [3.63, 3.8) is 0 Å². The first kappa shape index (κ1) is 25.0. The van der Waals surface area contributed by atoms with Crippen LogP contribution in [0.15, 0.2) is 114 Å². The largest absolute Gasteiger partial charge is 0.457 e. The molecule has 4 aromatic rings. The lowest BCUT2D eigenvalue weighted by molar-refractivity contribution is 0.0953. The lowest BCUT2D eigenvalue weighted by atomic mass is 10.2. The Bertz CT molecular complexity index is 1380. The molecule has 0 radical (unpaired) electrons. The number of hydrogen-bond acceptors (Lipinski definition) is 5. The van der Waals surface area contributed by atoms with Crippen LogP contribution in [-0.2, 0) is 10.0 Å². The molecule has 0 spiro atoms. The first-order valence-corrected chi connectivity index (χ1v) is 12.9. The lowest BCUT2D eigenvalue weighted by Crippen LogP contribution is -2.30. The third-order valence-electron chi connectivity index (χ3n) is 5.12. The van der Waals surface area contributed by atoms with E-state index in [1.807, 2.05) is 60.7 Å². The molecule has 0 atom stereocenters. The van der Waals surface area contributed by atoms with Crippen molar-refractivity contribution in [2.24, 2.45) is 0 Å². The zero-order valence-electron chi connectivity index (χ0n) is 19.5. The van der Waals surface area contributed by atoms with Crippen LogP contribution in [0.2, 0.25) is 0 Å². The summed E-state index contributed by atoms with van der Waals surface area (Å²) in [5.74, 6) is 2.19. The molecule has 1 amide bonds. The second-order valence-electron chi connectivity index (χ2n) is 7.84. The monoisotopic (exact) mass is 502 g/mol. The molecule has 0 saturated heterocycles. The van der Waals surface area contributed by atoms with Crippen molar-refractivity contribution in [2.45, 2.75) is 11.3 Å². The molecule has 0 aliphatic heterocycles. The fourth-order valence-electron chi connectivity index (χ4n) is 3.32. The number of para-hydroxylation sites is 2. The summed E-state index contributed by atoms with van der Waals surface area (Å²) < 4.78 is 39.1. The van der Waals surface area contributed by atoms with E-state index in [0.717, 1.165) is 0 Å². The molecule has 0 fully saturated rings. The van der Waals surface area contributed by atoms with Gasteiger partial charge in [-0.25, -0.2) is 13.1 Å². The van der Waals surface area contributed by atoms with Crippen LogP contribution in [0, 0.1) is 0 Å². The van der Waals surface area contributed by atoms with Gasteiger partial charge in [-0.05, 0) is 73.2 Å². The van der Waals surface area contributed by atoms with Gasteiger partial charge in [0, 0.05) is 18.7 Å². The lowest BCUT2D eigenvalue weighted by Gasteiger charge is -2.10. The Morgan fingerprint density at radius 1 is 0.639 bits per heavy atom. The highest BCUT2D eigenvalue weighted by Crippen LogP contribution is 2.23. The fourth-order valence-corrected chi connectivity index (χ4v) is 4.39. The zero-order valence-corrected chi connectivity index (χ0v) is 20.3. The van der Waals surface area contributed by atoms with E-state index in [2.05, 4.69) is 10.0 Å². The highest BCUT2D eigenvalue weighted by Gasteiger charge is 2.14. The summed E-state index contributed by atoms with van der Waals surface area (Å²) in [6, 6.07) is 31.6. The zero-order chi connectivity index (χ0) is 25.2. The molecular weight excluding hydrogens is 476 g/mol. The van der Waals surface area contributed by atoms with Crippen LogP contribution in [0.25, 0.3) is 0 Å². The number of carbonyl (C=O) groups is 1. The fraction of sp³-hybridized carbons (Fsp3) is 0.107. The van der Waals surface area contributed by atoms with E-state index in [9.17, 15) is 13.2 Å². The Morgan fingerprint density at radius 2 is 1.19 bits per heavy atom. The minimum absolute atomic E-state index is 0.141. The van der Waals surface area contributed by atoms with Crippen molar-refractivity contribution < 1.29 is 22.7 Å². The van der Waals surface area contributed by atoms with Crippen LogP contribution < -0.4 is 19.5 Å². The van der Waals surface area contributed by atoms with Crippen LogP contribution >= 0.6 is 0 Å². The summed E-state index contributed by atoms with van der Waals surface area (Å²) in [4.78, 5) is 12.6. The Kier molecular flexibility index (Phi) is 8.33. The Balaban J connectivity index is 1.22. The van der Waals surface area contributed by atoms with Gasteiger partial charge in [0.1, 0.15) is 23.0 Å². The first-order chi connectivity index (χ1) is 17.5. The number of benzene rings is 4. The van der Waals surface area contributed by atoms with Crippen LogP contribution in [0.5, 0.6) is 23.0 Å². The summed E-state index contributed by atoms with van der Waals surface area (Å²) >= 11 is 0. The van der Waals surface area contributed by atoms with Gasteiger partial charge in [-0.1, -0.05) is 42.5 Å². The topological polar surface area (TPSA) is 93.7 Å². The molecule has 0 aliphatic carbocycles. The van der Waals surface area contributed by atoms with Crippen molar-refractivity contribution >= 4 is 15.9 Å². The van der Waals surface area contributed by atoms with Crippen LogP contribution in [0.4, 0.5) is 0 Å². The van der Waals surface area contributed by atoms with Gasteiger partial charge in [-0.15, -0.1) is 0 Å². The second-order valence-corrected chi connectivity index (χ2v) is 9.60. The maximum atomic E-state index is 12.6. The SMILES string of the molecule is O=C(NCCCNS(=O)(=O)c1ccc(Oc2ccccc2)cc1)c1cccc(Oc2ccccc2)c1. The van der Waals surface area contributed by atoms with E-state index >= 15 is 0 Å². The molecule has 0 saturated carbocycles. The molecule has 2 N–H and O–H groups in total. The van der Waals surface area contributed by atoms with Gasteiger partial charge in [0.2, 0.25) is 10.0 Å².